The number of carbonyl (C=O) groups excluding carboxylic acids is 1. The second-order valence-electron chi connectivity index (χ2n) is 9.47. The Bertz CT molecular complexity index is 869. The molecule has 6 heteroatoms. The summed E-state index contributed by atoms with van der Waals surface area (Å²) in [7, 11) is 1.71. The van der Waals surface area contributed by atoms with Crippen LogP contribution in [-0.4, -0.2) is 55.0 Å². The number of piperidine rings is 1. The van der Waals surface area contributed by atoms with Gasteiger partial charge in [-0.2, -0.15) is 0 Å². The van der Waals surface area contributed by atoms with Gasteiger partial charge in [-0.05, 0) is 68.6 Å². The van der Waals surface area contributed by atoms with Crippen molar-refractivity contribution in [1.82, 2.24) is 15.1 Å². The minimum atomic E-state index is -0.115. The van der Waals surface area contributed by atoms with Gasteiger partial charge in [0.25, 0.3) is 5.91 Å². The molecule has 1 saturated carbocycles. The Labute approximate surface area is 198 Å². The predicted octanol–water partition coefficient (Wildman–Crippen LogP) is 4.84. The van der Waals surface area contributed by atoms with Gasteiger partial charge in [-0.3, -0.25) is 9.69 Å². The van der Waals surface area contributed by atoms with Crippen LogP contribution in [-0.2, 0) is 13.1 Å². The van der Waals surface area contributed by atoms with Crippen molar-refractivity contribution in [3.63, 3.8) is 0 Å². The molecule has 1 N–H and O–H groups in total. The lowest BCUT2D eigenvalue weighted by atomic mass is 9.93. The molecule has 0 unspecified atom stereocenters. The Balaban J connectivity index is 1.35. The van der Waals surface area contributed by atoms with Gasteiger partial charge in [0.2, 0.25) is 0 Å². The van der Waals surface area contributed by atoms with Crippen molar-refractivity contribution in [3.8, 4) is 5.75 Å². The Kier molecular flexibility index (Phi) is 8.84. The van der Waals surface area contributed by atoms with Crippen LogP contribution in [0.3, 0.4) is 0 Å². The number of methoxy groups -OCH3 is 1. The molecule has 1 aromatic carbocycles. The summed E-state index contributed by atoms with van der Waals surface area (Å²) >= 11 is 0. The minimum Gasteiger partial charge on any atom is -0.497 e. The van der Waals surface area contributed by atoms with Crippen molar-refractivity contribution in [2.45, 2.75) is 70.5 Å². The second-order valence-corrected chi connectivity index (χ2v) is 9.47. The number of carbonyl (C=O) groups is 1. The number of rotatable bonds is 10. The maximum absolute atomic E-state index is 12.6. The van der Waals surface area contributed by atoms with E-state index in [1.807, 2.05) is 24.3 Å². The molecule has 1 aliphatic heterocycles. The lowest BCUT2D eigenvalue weighted by Gasteiger charge is -2.34. The maximum atomic E-state index is 12.6. The molecule has 2 fully saturated rings. The van der Waals surface area contributed by atoms with Crippen LogP contribution < -0.4 is 10.1 Å². The predicted molar refractivity (Wildman–Crippen MR) is 130 cm³/mol. The third-order valence-corrected chi connectivity index (χ3v) is 7.02. The van der Waals surface area contributed by atoms with Crippen LogP contribution in [0, 0.1) is 0 Å². The number of nitrogens with one attached hydrogen (secondary N) is 1. The molecule has 4 rings (SSSR count). The summed E-state index contributed by atoms with van der Waals surface area (Å²) in [6, 6.07) is 12.6. The van der Waals surface area contributed by atoms with Gasteiger partial charge in [0, 0.05) is 25.7 Å². The number of amides is 1. The van der Waals surface area contributed by atoms with Crippen molar-refractivity contribution in [2.24, 2.45) is 0 Å². The van der Waals surface area contributed by atoms with Gasteiger partial charge in [0.1, 0.15) is 11.5 Å². The van der Waals surface area contributed by atoms with E-state index >= 15 is 0 Å². The van der Waals surface area contributed by atoms with Crippen LogP contribution in [0.4, 0.5) is 0 Å². The van der Waals surface area contributed by atoms with E-state index in [-0.39, 0.29) is 5.91 Å². The first kappa shape index (κ1) is 23.8. The van der Waals surface area contributed by atoms with Crippen molar-refractivity contribution >= 4 is 5.91 Å². The molecule has 33 heavy (non-hydrogen) atoms. The van der Waals surface area contributed by atoms with E-state index in [4.69, 9.17) is 9.15 Å². The molecule has 2 heterocycles. The summed E-state index contributed by atoms with van der Waals surface area (Å²) in [5.41, 5.74) is 1.24. The molecule has 6 nitrogen and oxygen atoms in total. The molecular formula is C27H39N3O3. The zero-order valence-electron chi connectivity index (χ0n) is 20.1. The topological polar surface area (TPSA) is 58.0 Å². The Hall–Kier alpha value is -2.31. The Morgan fingerprint density at radius 1 is 1.06 bits per heavy atom. The van der Waals surface area contributed by atoms with E-state index in [0.717, 1.165) is 37.7 Å². The van der Waals surface area contributed by atoms with Crippen molar-refractivity contribution in [2.75, 3.05) is 33.3 Å². The Morgan fingerprint density at radius 3 is 2.64 bits per heavy atom. The molecule has 1 saturated heterocycles. The highest BCUT2D eigenvalue weighted by Gasteiger charge is 2.23. The molecular weight excluding hydrogens is 414 g/mol. The summed E-state index contributed by atoms with van der Waals surface area (Å²) in [6.07, 6.45) is 10.2. The van der Waals surface area contributed by atoms with Crippen LogP contribution in [0.15, 0.2) is 40.8 Å². The SMILES string of the molecule is COc1cccc(CN(Cc2ccc(C(=O)NCCN3CCCCC3)o2)C2CCCCC2)c1. The number of benzene rings is 1. The van der Waals surface area contributed by atoms with Crippen LogP contribution >= 0.6 is 0 Å². The molecule has 1 aromatic heterocycles. The van der Waals surface area contributed by atoms with Crippen LogP contribution in [0.2, 0.25) is 0 Å². The zero-order chi connectivity index (χ0) is 22.9. The van der Waals surface area contributed by atoms with Gasteiger partial charge >= 0.3 is 0 Å². The highest BCUT2D eigenvalue weighted by molar-refractivity contribution is 5.91. The third kappa shape index (κ3) is 7.08. The molecule has 2 aliphatic rings. The number of hydrogen-bond acceptors (Lipinski definition) is 5. The largest absolute Gasteiger partial charge is 0.497 e. The quantitative estimate of drug-likeness (QED) is 0.558. The summed E-state index contributed by atoms with van der Waals surface area (Å²) in [4.78, 5) is 17.5. The second kappa shape index (κ2) is 12.2. The van der Waals surface area contributed by atoms with Crippen molar-refractivity contribution in [1.29, 1.82) is 0 Å². The Morgan fingerprint density at radius 2 is 1.85 bits per heavy atom. The summed E-state index contributed by atoms with van der Waals surface area (Å²) < 4.78 is 11.4. The average Bonchev–Trinajstić information content (AvgIpc) is 3.34. The first-order chi connectivity index (χ1) is 16.2. The van der Waals surface area contributed by atoms with Gasteiger partial charge in [-0.15, -0.1) is 0 Å². The first-order valence-electron chi connectivity index (χ1n) is 12.7. The number of likely N-dealkylation sites (tertiary alicyclic amines) is 1. The van der Waals surface area contributed by atoms with E-state index in [9.17, 15) is 4.79 Å². The normalized spacial score (nSPS) is 17.9. The number of furan rings is 1. The van der Waals surface area contributed by atoms with E-state index in [1.165, 1.54) is 56.9 Å². The zero-order valence-corrected chi connectivity index (χ0v) is 20.1. The van der Waals surface area contributed by atoms with Crippen LogP contribution in [0.5, 0.6) is 5.75 Å². The third-order valence-electron chi connectivity index (χ3n) is 7.02. The summed E-state index contributed by atoms with van der Waals surface area (Å²) in [6.45, 7) is 5.42. The highest BCUT2D eigenvalue weighted by Crippen LogP contribution is 2.27. The lowest BCUT2D eigenvalue weighted by molar-refractivity contribution is 0.0909. The van der Waals surface area contributed by atoms with Gasteiger partial charge in [0.05, 0.1) is 13.7 Å². The van der Waals surface area contributed by atoms with E-state index < -0.39 is 0 Å². The fraction of sp³-hybridized carbons (Fsp3) is 0.593. The van der Waals surface area contributed by atoms with E-state index in [2.05, 4.69) is 27.2 Å². The van der Waals surface area contributed by atoms with Gasteiger partial charge in [0.15, 0.2) is 5.76 Å². The summed E-state index contributed by atoms with van der Waals surface area (Å²) in [5.74, 6) is 2.03. The van der Waals surface area contributed by atoms with Crippen molar-refractivity contribution < 1.29 is 13.9 Å². The average molecular weight is 454 g/mol. The van der Waals surface area contributed by atoms with Crippen molar-refractivity contribution in [3.05, 3.63) is 53.5 Å². The molecule has 0 atom stereocenters. The van der Waals surface area contributed by atoms with Crippen LogP contribution in [0.25, 0.3) is 0 Å². The molecule has 1 aliphatic carbocycles. The monoisotopic (exact) mass is 453 g/mol. The summed E-state index contributed by atoms with van der Waals surface area (Å²) in [5, 5.41) is 3.03. The maximum Gasteiger partial charge on any atom is 0.287 e. The van der Waals surface area contributed by atoms with Gasteiger partial charge < -0.3 is 19.4 Å². The first-order valence-corrected chi connectivity index (χ1v) is 12.7. The number of ether oxygens (including phenoxy) is 1. The standard InChI is InChI=1S/C27H39N3O3/c1-32-24-12-8-9-22(19-24)20-30(23-10-4-2-5-11-23)21-25-13-14-26(33-25)27(31)28-15-18-29-16-6-3-7-17-29/h8-9,12-14,19,23H,2-7,10-11,15-18,20-21H2,1H3,(H,28,31). The molecule has 0 radical (unpaired) electrons. The number of nitrogens with zero attached hydrogens (tertiary/aromatic N) is 2. The lowest BCUT2D eigenvalue weighted by Crippen LogP contribution is -2.37. The molecule has 2 aromatic rings. The minimum absolute atomic E-state index is 0.115. The highest BCUT2D eigenvalue weighted by atomic mass is 16.5. The number of hydrogen-bond donors (Lipinski definition) is 1. The smallest absolute Gasteiger partial charge is 0.287 e. The van der Waals surface area contributed by atoms with E-state index in [1.54, 1.807) is 7.11 Å². The molecule has 180 valence electrons. The van der Waals surface area contributed by atoms with Gasteiger partial charge in [-0.25, -0.2) is 0 Å². The molecule has 1 amide bonds. The molecule has 0 spiro atoms. The van der Waals surface area contributed by atoms with Gasteiger partial charge in [-0.1, -0.05) is 37.8 Å². The fourth-order valence-corrected chi connectivity index (χ4v) is 5.15. The fourth-order valence-electron chi connectivity index (χ4n) is 5.15. The van der Waals surface area contributed by atoms with Crippen LogP contribution in [0.1, 0.15) is 73.2 Å². The van der Waals surface area contributed by atoms with E-state index in [0.29, 0.717) is 24.9 Å². The molecule has 0 bridgehead atoms.